The molecule has 6 heteroatoms. The normalized spacial score (nSPS) is 23.6. The van der Waals surface area contributed by atoms with Crippen LogP contribution in [-0.2, 0) is 4.79 Å². The molecule has 1 aliphatic heterocycles. The predicted molar refractivity (Wildman–Crippen MR) is 85.4 cm³/mol. The fraction of sp³-hybridized carbons (Fsp3) is 0.500. The van der Waals surface area contributed by atoms with E-state index >= 15 is 0 Å². The van der Waals surface area contributed by atoms with Crippen molar-refractivity contribution in [3.05, 3.63) is 26.7 Å². The molecule has 1 spiro atoms. The molecular weight excluding hydrogens is 363 g/mol. The highest BCUT2D eigenvalue weighted by Crippen LogP contribution is 2.59. The van der Waals surface area contributed by atoms with E-state index in [2.05, 4.69) is 26.6 Å². The van der Waals surface area contributed by atoms with E-state index in [1.807, 2.05) is 0 Å². The van der Waals surface area contributed by atoms with Gasteiger partial charge in [-0.2, -0.15) is 0 Å². The van der Waals surface area contributed by atoms with Crippen molar-refractivity contribution in [1.29, 1.82) is 0 Å². The van der Waals surface area contributed by atoms with Crippen molar-refractivity contribution in [2.45, 2.75) is 19.3 Å². The molecule has 1 atom stereocenters. The Bertz CT molecular complexity index is 535. The molecule has 1 aromatic rings. The smallest absolute Gasteiger partial charge is 0.228 e. The van der Waals surface area contributed by atoms with Crippen LogP contribution in [0.25, 0.3) is 0 Å². The van der Waals surface area contributed by atoms with Crippen LogP contribution >= 0.6 is 39.1 Å². The summed E-state index contributed by atoms with van der Waals surface area (Å²) in [5.41, 5.74) is 0.724. The first kappa shape index (κ1) is 14.6. The second-order valence-electron chi connectivity index (χ2n) is 5.60. The van der Waals surface area contributed by atoms with Gasteiger partial charge in [-0.05, 0) is 49.9 Å². The maximum absolute atomic E-state index is 12.4. The van der Waals surface area contributed by atoms with Gasteiger partial charge in [-0.3, -0.25) is 4.79 Å². The van der Waals surface area contributed by atoms with Crippen molar-refractivity contribution in [3.8, 4) is 0 Å². The average molecular weight is 378 g/mol. The lowest BCUT2D eigenvalue weighted by Gasteiger charge is -2.23. The number of hydrogen-bond donors (Lipinski definition) is 2. The van der Waals surface area contributed by atoms with Crippen molar-refractivity contribution in [2.24, 2.45) is 11.3 Å². The van der Waals surface area contributed by atoms with E-state index < -0.39 is 0 Å². The van der Waals surface area contributed by atoms with Crippen LogP contribution in [0.3, 0.4) is 0 Å². The Labute approximate surface area is 136 Å². The second-order valence-corrected chi connectivity index (χ2v) is 7.33. The highest BCUT2D eigenvalue weighted by molar-refractivity contribution is 9.10. The molecule has 1 heterocycles. The van der Waals surface area contributed by atoms with Gasteiger partial charge in [0.1, 0.15) is 0 Å². The van der Waals surface area contributed by atoms with E-state index in [0.29, 0.717) is 15.7 Å². The van der Waals surface area contributed by atoms with E-state index in [9.17, 15) is 4.79 Å². The number of piperidine rings is 1. The zero-order chi connectivity index (χ0) is 14.3. The summed E-state index contributed by atoms with van der Waals surface area (Å²) >= 11 is 15.6. The van der Waals surface area contributed by atoms with Crippen LogP contribution in [0.5, 0.6) is 0 Å². The average Bonchev–Trinajstić information content (AvgIpc) is 3.08. The standard InChI is InChI=1S/C14H15BrCl2N2O/c15-8-5-10(16)12(11(17)6-8)19-13(20)9-7-14(9)1-3-18-4-2-14/h5-6,9,18H,1-4,7H2,(H,19,20). The third-order valence-electron chi connectivity index (χ3n) is 4.36. The van der Waals surface area contributed by atoms with Gasteiger partial charge in [0.05, 0.1) is 15.7 Å². The monoisotopic (exact) mass is 376 g/mol. The van der Waals surface area contributed by atoms with Gasteiger partial charge in [0.15, 0.2) is 0 Å². The molecule has 1 saturated heterocycles. The Morgan fingerprint density at radius 2 is 1.90 bits per heavy atom. The third kappa shape index (κ3) is 2.71. The number of amides is 1. The number of benzene rings is 1. The lowest BCUT2D eigenvalue weighted by molar-refractivity contribution is -0.118. The molecule has 2 N–H and O–H groups in total. The first-order chi connectivity index (χ1) is 9.52. The number of rotatable bonds is 2. The number of hydrogen-bond acceptors (Lipinski definition) is 2. The maximum atomic E-state index is 12.4. The minimum atomic E-state index is 0.0398. The maximum Gasteiger partial charge on any atom is 0.228 e. The lowest BCUT2D eigenvalue weighted by Crippen LogP contribution is -2.31. The molecule has 1 aromatic carbocycles. The Balaban J connectivity index is 1.72. The fourth-order valence-corrected chi connectivity index (χ4v) is 4.37. The summed E-state index contributed by atoms with van der Waals surface area (Å²) in [4.78, 5) is 12.4. The molecule has 0 bridgehead atoms. The molecule has 1 saturated carbocycles. The van der Waals surface area contributed by atoms with Gasteiger partial charge in [0, 0.05) is 10.4 Å². The number of carbonyl (C=O) groups excluding carboxylic acids is 1. The number of nitrogens with one attached hydrogen (secondary N) is 2. The van der Waals surface area contributed by atoms with Crippen LogP contribution in [0.1, 0.15) is 19.3 Å². The van der Waals surface area contributed by atoms with Gasteiger partial charge in [-0.1, -0.05) is 39.1 Å². The molecule has 2 aliphatic rings. The number of halogens is 3. The highest BCUT2D eigenvalue weighted by Gasteiger charge is 2.57. The molecule has 0 radical (unpaired) electrons. The number of anilines is 1. The Kier molecular flexibility index (Phi) is 4.01. The van der Waals surface area contributed by atoms with E-state index in [4.69, 9.17) is 23.2 Å². The van der Waals surface area contributed by atoms with Gasteiger partial charge in [-0.15, -0.1) is 0 Å². The first-order valence-corrected chi connectivity index (χ1v) is 8.23. The third-order valence-corrected chi connectivity index (χ3v) is 5.41. The van der Waals surface area contributed by atoms with Crippen molar-refractivity contribution in [1.82, 2.24) is 5.32 Å². The van der Waals surface area contributed by atoms with Crippen molar-refractivity contribution in [3.63, 3.8) is 0 Å². The zero-order valence-corrected chi connectivity index (χ0v) is 13.9. The second kappa shape index (κ2) is 5.48. The Morgan fingerprint density at radius 1 is 1.30 bits per heavy atom. The Morgan fingerprint density at radius 3 is 2.50 bits per heavy atom. The Hall–Kier alpha value is -0.290. The van der Waals surface area contributed by atoms with E-state index in [1.54, 1.807) is 12.1 Å². The molecule has 2 fully saturated rings. The predicted octanol–water partition coefficient (Wildman–Crippen LogP) is 4.08. The molecular formula is C14H15BrCl2N2O. The van der Waals surface area contributed by atoms with Gasteiger partial charge in [-0.25, -0.2) is 0 Å². The highest BCUT2D eigenvalue weighted by atomic mass is 79.9. The van der Waals surface area contributed by atoms with Crippen molar-refractivity contribution < 1.29 is 4.79 Å². The van der Waals surface area contributed by atoms with E-state index in [0.717, 1.165) is 36.8 Å². The summed E-state index contributed by atoms with van der Waals surface area (Å²) in [6.45, 7) is 2.01. The molecule has 1 unspecified atom stereocenters. The summed E-state index contributed by atoms with van der Waals surface area (Å²) in [5.74, 6) is 0.137. The molecule has 108 valence electrons. The molecule has 1 aliphatic carbocycles. The number of carbonyl (C=O) groups is 1. The molecule has 0 aromatic heterocycles. The summed E-state index contributed by atoms with van der Waals surface area (Å²) in [6, 6.07) is 3.46. The topological polar surface area (TPSA) is 41.1 Å². The van der Waals surface area contributed by atoms with Crippen LogP contribution in [0, 0.1) is 11.3 Å². The van der Waals surface area contributed by atoms with Crippen LogP contribution in [0.15, 0.2) is 16.6 Å². The van der Waals surface area contributed by atoms with E-state index in [-0.39, 0.29) is 17.2 Å². The molecule has 20 heavy (non-hydrogen) atoms. The zero-order valence-electron chi connectivity index (χ0n) is 10.8. The quantitative estimate of drug-likeness (QED) is 0.815. The SMILES string of the molecule is O=C(Nc1c(Cl)cc(Br)cc1Cl)C1CC12CCNCC2. The van der Waals surface area contributed by atoms with E-state index in [1.165, 1.54) is 0 Å². The summed E-state index contributed by atoms with van der Waals surface area (Å²) in [6.07, 6.45) is 3.13. The van der Waals surface area contributed by atoms with Crippen LogP contribution in [0.4, 0.5) is 5.69 Å². The molecule has 1 amide bonds. The van der Waals surface area contributed by atoms with Gasteiger partial charge >= 0.3 is 0 Å². The summed E-state index contributed by atoms with van der Waals surface area (Å²) in [5, 5.41) is 7.14. The van der Waals surface area contributed by atoms with Crippen LogP contribution in [0.2, 0.25) is 10.0 Å². The molecule has 3 nitrogen and oxygen atoms in total. The lowest BCUT2D eigenvalue weighted by atomic mass is 9.92. The molecule has 3 rings (SSSR count). The van der Waals surface area contributed by atoms with Crippen molar-refractivity contribution >= 4 is 50.7 Å². The van der Waals surface area contributed by atoms with Crippen LogP contribution < -0.4 is 10.6 Å². The minimum absolute atomic E-state index is 0.0398. The fourth-order valence-electron chi connectivity index (χ4n) is 3.07. The summed E-state index contributed by atoms with van der Waals surface area (Å²) < 4.78 is 0.798. The largest absolute Gasteiger partial charge is 0.323 e. The van der Waals surface area contributed by atoms with Gasteiger partial charge in [0.2, 0.25) is 5.91 Å². The van der Waals surface area contributed by atoms with Crippen LogP contribution in [-0.4, -0.2) is 19.0 Å². The summed E-state index contributed by atoms with van der Waals surface area (Å²) in [7, 11) is 0. The van der Waals surface area contributed by atoms with Gasteiger partial charge < -0.3 is 10.6 Å². The van der Waals surface area contributed by atoms with Gasteiger partial charge in [0.25, 0.3) is 0 Å². The minimum Gasteiger partial charge on any atom is -0.323 e. The first-order valence-electron chi connectivity index (χ1n) is 6.68. The van der Waals surface area contributed by atoms with Crippen molar-refractivity contribution in [2.75, 3.05) is 18.4 Å².